The molecule has 2 aromatic rings. The molecule has 1 saturated carbocycles. The number of thioether (sulfide) groups is 1. The van der Waals surface area contributed by atoms with Crippen LogP contribution in [-0.2, 0) is 28.7 Å². The van der Waals surface area contributed by atoms with Gasteiger partial charge >= 0.3 is 0 Å². The largest absolute Gasteiger partial charge is 0.264 e. The summed E-state index contributed by atoms with van der Waals surface area (Å²) >= 11 is 1.88. The van der Waals surface area contributed by atoms with Gasteiger partial charge < -0.3 is 0 Å². The maximum atomic E-state index is 12.7. The number of hydrogen-bond donors (Lipinski definition) is 1. The van der Waals surface area contributed by atoms with Crippen LogP contribution < -0.4 is 4.72 Å². The number of nitrogens with zero attached hydrogens (tertiary/aromatic N) is 2. The zero-order valence-corrected chi connectivity index (χ0v) is 19.2. The Labute approximate surface area is 184 Å². The third-order valence-corrected chi connectivity index (χ3v) is 8.39. The van der Waals surface area contributed by atoms with E-state index in [-0.39, 0.29) is 6.04 Å². The first-order valence-corrected chi connectivity index (χ1v) is 13.6. The molecule has 0 saturated heterocycles. The van der Waals surface area contributed by atoms with E-state index in [1.807, 2.05) is 36.9 Å². The molecule has 1 N–H and O–H groups in total. The lowest BCUT2D eigenvalue weighted by atomic mass is 9.85. The molecule has 0 unspecified atom stereocenters. The maximum absolute atomic E-state index is 12.7. The molecule has 5 nitrogen and oxygen atoms in total. The average Bonchev–Trinajstić information content (AvgIpc) is 3.11. The number of benzene rings is 1. The van der Waals surface area contributed by atoms with Gasteiger partial charge in [0.1, 0.15) is 0 Å². The van der Waals surface area contributed by atoms with E-state index < -0.39 is 10.0 Å². The molecule has 0 amide bonds. The van der Waals surface area contributed by atoms with Gasteiger partial charge in [-0.1, -0.05) is 49.6 Å². The first-order chi connectivity index (χ1) is 14.5. The van der Waals surface area contributed by atoms with Crippen LogP contribution >= 0.6 is 11.8 Å². The van der Waals surface area contributed by atoms with E-state index >= 15 is 0 Å². The van der Waals surface area contributed by atoms with E-state index in [1.165, 1.54) is 41.5 Å². The predicted molar refractivity (Wildman–Crippen MR) is 125 cm³/mol. The molecule has 2 heterocycles. The Kier molecular flexibility index (Phi) is 7.01. The lowest BCUT2D eigenvalue weighted by Gasteiger charge is -2.27. The van der Waals surface area contributed by atoms with Gasteiger partial charge in [-0.05, 0) is 49.5 Å². The Morgan fingerprint density at radius 2 is 2.00 bits per heavy atom. The zero-order chi connectivity index (χ0) is 21.0. The third-order valence-electron chi connectivity index (χ3n) is 6.21. The van der Waals surface area contributed by atoms with Crippen molar-refractivity contribution in [2.24, 2.45) is 5.92 Å². The number of hydrogen-bond acceptors (Lipinski definition) is 4. The van der Waals surface area contributed by atoms with E-state index in [4.69, 9.17) is 5.10 Å². The van der Waals surface area contributed by atoms with Crippen molar-refractivity contribution in [1.29, 1.82) is 0 Å². The van der Waals surface area contributed by atoms with Gasteiger partial charge in [0.05, 0.1) is 12.2 Å². The number of fused-ring (bicyclic) bond motifs is 1. The van der Waals surface area contributed by atoms with Crippen LogP contribution in [0.4, 0.5) is 0 Å². The fourth-order valence-corrected chi connectivity index (χ4v) is 6.64. The molecule has 1 aromatic heterocycles. The molecular formula is C23H31N3O2S2. The van der Waals surface area contributed by atoms with E-state index in [9.17, 15) is 8.42 Å². The molecule has 0 bridgehead atoms. The summed E-state index contributed by atoms with van der Waals surface area (Å²) < 4.78 is 30.3. The Balaban J connectivity index is 1.51. The summed E-state index contributed by atoms with van der Waals surface area (Å²) in [5, 5.41) is 6.09. The summed E-state index contributed by atoms with van der Waals surface area (Å²) in [5.41, 5.74) is 4.39. The second kappa shape index (κ2) is 9.71. The van der Waals surface area contributed by atoms with E-state index in [0.29, 0.717) is 12.5 Å². The predicted octanol–water partition coefficient (Wildman–Crippen LogP) is 4.58. The van der Waals surface area contributed by atoms with Gasteiger partial charge in [-0.3, -0.25) is 4.68 Å². The van der Waals surface area contributed by atoms with Crippen molar-refractivity contribution in [3.8, 4) is 0 Å². The van der Waals surface area contributed by atoms with E-state index in [1.54, 1.807) is 6.08 Å². The van der Waals surface area contributed by atoms with Crippen LogP contribution in [0.3, 0.4) is 0 Å². The van der Waals surface area contributed by atoms with Crippen LogP contribution in [-0.4, -0.2) is 30.0 Å². The van der Waals surface area contributed by atoms with Gasteiger partial charge in [-0.15, -0.1) is 0 Å². The molecule has 1 aromatic carbocycles. The van der Waals surface area contributed by atoms with Crippen LogP contribution in [0.5, 0.6) is 0 Å². The minimum absolute atomic E-state index is 0.0277. The molecular weight excluding hydrogens is 414 g/mol. The van der Waals surface area contributed by atoms with Crippen LogP contribution in [0.2, 0.25) is 0 Å². The lowest BCUT2D eigenvalue weighted by molar-refractivity contribution is 0.303. The monoisotopic (exact) mass is 445 g/mol. The maximum Gasteiger partial charge on any atom is 0.234 e. The summed E-state index contributed by atoms with van der Waals surface area (Å²) in [4.78, 5) is 0. The highest BCUT2D eigenvalue weighted by Crippen LogP contribution is 2.29. The Morgan fingerprint density at radius 1 is 1.23 bits per heavy atom. The molecule has 1 atom stereocenters. The smallest absolute Gasteiger partial charge is 0.234 e. The third kappa shape index (κ3) is 5.37. The number of nitrogens with one attached hydrogen (secondary N) is 1. The molecule has 1 aliphatic carbocycles. The van der Waals surface area contributed by atoms with Crippen LogP contribution in [0.1, 0.15) is 61.5 Å². The fraction of sp³-hybridized carbons (Fsp3) is 0.522. The van der Waals surface area contributed by atoms with Crippen molar-refractivity contribution in [3.63, 3.8) is 0 Å². The Bertz CT molecular complexity index is 977. The van der Waals surface area contributed by atoms with Gasteiger partial charge in [-0.2, -0.15) is 16.9 Å². The molecule has 1 aliphatic heterocycles. The number of sulfonamides is 1. The zero-order valence-electron chi connectivity index (χ0n) is 17.6. The highest BCUT2D eigenvalue weighted by atomic mass is 32.2. The lowest BCUT2D eigenvalue weighted by Crippen LogP contribution is -2.37. The summed E-state index contributed by atoms with van der Waals surface area (Å²) in [5.74, 6) is 2.40. The van der Waals surface area contributed by atoms with E-state index in [2.05, 4.69) is 21.5 Å². The summed E-state index contributed by atoms with van der Waals surface area (Å²) in [7, 11) is -3.49. The van der Waals surface area contributed by atoms with Crippen molar-refractivity contribution >= 4 is 27.9 Å². The normalized spacial score (nSPS) is 19.1. The van der Waals surface area contributed by atoms with Gasteiger partial charge in [-0.25, -0.2) is 13.1 Å². The minimum atomic E-state index is -3.49. The standard InChI is InChI=1S/C23H31N3O2S2/c1-18(20-10-6-3-7-11-20)25-30(27,28)15-13-22-21-17-29-14-12-23(21)26(24-22)16-19-8-4-2-5-9-19/h2,4-5,8-9,13,15,18,20,25H,3,6-7,10-12,14,16-17H2,1H3/b15-13+/t18-/m1/s1. The highest BCUT2D eigenvalue weighted by molar-refractivity contribution is 7.98. The van der Waals surface area contributed by atoms with Gasteiger partial charge in [0.25, 0.3) is 0 Å². The minimum Gasteiger partial charge on any atom is -0.264 e. The topological polar surface area (TPSA) is 64.0 Å². The van der Waals surface area contributed by atoms with E-state index in [0.717, 1.165) is 36.5 Å². The molecule has 4 rings (SSSR count). The molecule has 30 heavy (non-hydrogen) atoms. The van der Waals surface area contributed by atoms with Crippen molar-refractivity contribution in [2.75, 3.05) is 5.75 Å². The molecule has 7 heteroatoms. The SMILES string of the molecule is C[C@@H](NS(=O)(=O)/C=C/c1nn(Cc2ccccc2)c2c1CSCC2)C1CCCCC1. The molecule has 162 valence electrons. The molecule has 1 fully saturated rings. The second-order valence-electron chi connectivity index (χ2n) is 8.41. The van der Waals surface area contributed by atoms with Gasteiger partial charge in [0.2, 0.25) is 10.0 Å². The molecule has 2 aliphatic rings. The fourth-order valence-electron chi connectivity index (χ4n) is 4.54. The van der Waals surface area contributed by atoms with Crippen molar-refractivity contribution in [3.05, 3.63) is 58.3 Å². The summed E-state index contributed by atoms with van der Waals surface area (Å²) in [6.07, 6.45) is 8.55. The van der Waals surface area contributed by atoms with Crippen LogP contribution in [0.15, 0.2) is 35.7 Å². The van der Waals surface area contributed by atoms with Crippen molar-refractivity contribution in [1.82, 2.24) is 14.5 Å². The number of aromatic nitrogens is 2. The Hall–Kier alpha value is -1.57. The molecule has 0 radical (unpaired) electrons. The average molecular weight is 446 g/mol. The summed E-state index contributed by atoms with van der Waals surface area (Å²) in [6, 6.07) is 10.3. The quantitative estimate of drug-likeness (QED) is 0.678. The first kappa shape index (κ1) is 21.7. The first-order valence-electron chi connectivity index (χ1n) is 10.9. The van der Waals surface area contributed by atoms with Crippen LogP contribution in [0, 0.1) is 5.92 Å². The van der Waals surface area contributed by atoms with Crippen molar-refractivity contribution in [2.45, 2.75) is 63.8 Å². The number of rotatable bonds is 7. The Morgan fingerprint density at radius 3 is 2.77 bits per heavy atom. The summed E-state index contributed by atoms with van der Waals surface area (Å²) in [6.45, 7) is 2.71. The van der Waals surface area contributed by atoms with Crippen molar-refractivity contribution < 1.29 is 8.42 Å². The second-order valence-corrected chi connectivity index (χ2v) is 11.1. The molecule has 0 spiro atoms. The highest BCUT2D eigenvalue weighted by Gasteiger charge is 2.24. The van der Waals surface area contributed by atoms with Gasteiger partial charge in [0, 0.05) is 28.5 Å². The van der Waals surface area contributed by atoms with Crippen LogP contribution in [0.25, 0.3) is 6.08 Å². The van der Waals surface area contributed by atoms with Gasteiger partial charge in [0.15, 0.2) is 0 Å².